The summed E-state index contributed by atoms with van der Waals surface area (Å²) in [6, 6.07) is 14.1. The quantitative estimate of drug-likeness (QED) is 0.841. The maximum atomic E-state index is 14.9. The van der Waals surface area contributed by atoms with Crippen LogP contribution in [0.3, 0.4) is 0 Å². The second-order valence-electron chi connectivity index (χ2n) is 7.69. The lowest BCUT2D eigenvalue weighted by Gasteiger charge is -2.37. The lowest BCUT2D eigenvalue weighted by atomic mass is 9.87. The molecule has 0 saturated carbocycles. The van der Waals surface area contributed by atoms with Crippen molar-refractivity contribution in [3.05, 3.63) is 64.7 Å². The van der Waals surface area contributed by atoms with Gasteiger partial charge in [0, 0.05) is 30.6 Å². The number of likely N-dealkylation sites (tertiary alicyclic amines) is 2. The molecule has 0 bridgehead atoms. The Bertz CT molecular complexity index is 827. The summed E-state index contributed by atoms with van der Waals surface area (Å²) in [6.07, 6.45) is 0.395. The predicted octanol–water partition coefficient (Wildman–Crippen LogP) is 3.97. The molecule has 2 saturated heterocycles. The number of alkyl halides is 1. The molecule has 0 aliphatic carbocycles. The van der Waals surface area contributed by atoms with E-state index in [1.165, 1.54) is 0 Å². The first-order valence-corrected chi connectivity index (χ1v) is 10.1. The Morgan fingerprint density at radius 1 is 1.04 bits per heavy atom. The number of nitrogens with zero attached hydrogens (tertiary/aromatic N) is 2. The van der Waals surface area contributed by atoms with Gasteiger partial charge in [0.25, 0.3) is 0 Å². The van der Waals surface area contributed by atoms with Crippen molar-refractivity contribution in [2.24, 2.45) is 0 Å². The van der Waals surface area contributed by atoms with Gasteiger partial charge < -0.3 is 10.0 Å². The third kappa shape index (κ3) is 4.01. The van der Waals surface area contributed by atoms with E-state index in [0.29, 0.717) is 31.1 Å². The number of phenolic OH excluding ortho intramolecular Hbond substituents is 1. The second-order valence-corrected chi connectivity index (χ2v) is 8.12. The summed E-state index contributed by atoms with van der Waals surface area (Å²) in [4.78, 5) is 16.7. The van der Waals surface area contributed by atoms with Crippen molar-refractivity contribution in [3.63, 3.8) is 0 Å². The molecule has 28 heavy (non-hydrogen) atoms. The van der Waals surface area contributed by atoms with Crippen LogP contribution in [0, 0.1) is 0 Å². The zero-order valence-corrected chi connectivity index (χ0v) is 16.4. The Morgan fingerprint density at radius 3 is 2.43 bits per heavy atom. The maximum Gasteiger partial charge on any atom is 0.240 e. The molecule has 0 radical (unpaired) electrons. The average Bonchev–Trinajstić information content (AvgIpc) is 3.05. The summed E-state index contributed by atoms with van der Waals surface area (Å²) >= 11 is 5.92. The van der Waals surface area contributed by atoms with Crippen molar-refractivity contribution in [1.82, 2.24) is 9.80 Å². The highest BCUT2D eigenvalue weighted by molar-refractivity contribution is 6.30. The first-order valence-electron chi connectivity index (χ1n) is 9.71. The van der Waals surface area contributed by atoms with Gasteiger partial charge in [-0.15, -0.1) is 0 Å². The zero-order valence-electron chi connectivity index (χ0n) is 15.6. The van der Waals surface area contributed by atoms with Crippen LogP contribution in [0.5, 0.6) is 5.75 Å². The smallest absolute Gasteiger partial charge is 0.240 e. The van der Waals surface area contributed by atoms with Crippen LogP contribution in [0.2, 0.25) is 5.02 Å². The van der Waals surface area contributed by atoms with Crippen LogP contribution in [-0.2, 0) is 11.3 Å². The number of amides is 1. The van der Waals surface area contributed by atoms with Crippen LogP contribution in [-0.4, -0.2) is 52.7 Å². The van der Waals surface area contributed by atoms with E-state index in [0.717, 1.165) is 17.5 Å². The van der Waals surface area contributed by atoms with Crippen molar-refractivity contribution in [2.75, 3.05) is 19.6 Å². The number of piperidine rings is 1. The molecule has 2 aliphatic heterocycles. The fraction of sp³-hybridized carbons (Fsp3) is 0.409. The fourth-order valence-electron chi connectivity index (χ4n) is 4.34. The Kier molecular flexibility index (Phi) is 5.56. The van der Waals surface area contributed by atoms with E-state index in [4.69, 9.17) is 11.6 Å². The van der Waals surface area contributed by atoms with Crippen LogP contribution in [0.15, 0.2) is 48.5 Å². The number of rotatable bonds is 4. The third-order valence-corrected chi connectivity index (χ3v) is 6.14. The summed E-state index contributed by atoms with van der Waals surface area (Å²) < 4.78 is 14.9. The number of benzene rings is 2. The first kappa shape index (κ1) is 19.2. The minimum Gasteiger partial charge on any atom is -0.508 e. The van der Waals surface area contributed by atoms with Gasteiger partial charge in [0.15, 0.2) is 0 Å². The topological polar surface area (TPSA) is 43.8 Å². The van der Waals surface area contributed by atoms with Crippen LogP contribution < -0.4 is 0 Å². The van der Waals surface area contributed by atoms with E-state index in [1.807, 2.05) is 34.1 Å². The summed E-state index contributed by atoms with van der Waals surface area (Å²) in [7, 11) is 0. The Hall–Kier alpha value is -2.11. The molecular formula is C22H24ClFN2O2. The highest BCUT2D eigenvalue weighted by Gasteiger charge is 2.40. The first-order chi connectivity index (χ1) is 13.5. The van der Waals surface area contributed by atoms with Gasteiger partial charge in [-0.05, 0) is 54.8 Å². The van der Waals surface area contributed by atoms with Crippen LogP contribution in [0.25, 0.3) is 0 Å². The van der Waals surface area contributed by atoms with E-state index in [1.54, 1.807) is 24.3 Å². The zero-order chi connectivity index (χ0) is 19.7. The molecule has 2 aromatic carbocycles. The number of carbonyl (C=O) groups excluding carboxylic acids is 1. The summed E-state index contributed by atoms with van der Waals surface area (Å²) in [6.45, 7) is 2.24. The van der Waals surface area contributed by atoms with Gasteiger partial charge in [0.2, 0.25) is 5.91 Å². The molecule has 4 nitrogen and oxygen atoms in total. The number of phenols is 1. The molecule has 3 atom stereocenters. The van der Waals surface area contributed by atoms with Gasteiger partial charge in [0.05, 0.1) is 6.04 Å². The van der Waals surface area contributed by atoms with Crippen LogP contribution in [0.4, 0.5) is 4.39 Å². The molecule has 4 rings (SSSR count). The predicted molar refractivity (Wildman–Crippen MR) is 107 cm³/mol. The van der Waals surface area contributed by atoms with E-state index in [2.05, 4.69) is 0 Å². The van der Waals surface area contributed by atoms with E-state index in [-0.39, 0.29) is 30.2 Å². The van der Waals surface area contributed by atoms with E-state index in [9.17, 15) is 14.3 Å². The monoisotopic (exact) mass is 402 g/mol. The molecule has 1 N–H and O–H groups in total. The molecule has 2 aromatic rings. The molecule has 148 valence electrons. The number of carbonyl (C=O) groups is 1. The van der Waals surface area contributed by atoms with E-state index >= 15 is 0 Å². The van der Waals surface area contributed by atoms with Crippen LogP contribution in [0.1, 0.15) is 29.9 Å². The molecule has 6 heteroatoms. The lowest BCUT2D eigenvalue weighted by Crippen LogP contribution is -2.49. The SMILES string of the molecule is O=C1[C@@H](N2CC[C@@H](c3ccc(O)cc3)[C@H](F)C2)CCN1Cc1ccc(Cl)cc1. The minimum atomic E-state index is -1.02. The fourth-order valence-corrected chi connectivity index (χ4v) is 4.46. The van der Waals surface area contributed by atoms with Gasteiger partial charge in [-0.3, -0.25) is 9.69 Å². The largest absolute Gasteiger partial charge is 0.508 e. The van der Waals surface area contributed by atoms with Crippen molar-refractivity contribution in [2.45, 2.75) is 37.5 Å². The lowest BCUT2D eigenvalue weighted by molar-refractivity contribution is -0.133. The summed E-state index contributed by atoms with van der Waals surface area (Å²) in [5.74, 6) is 0.0951. The normalized spacial score (nSPS) is 26.0. The van der Waals surface area contributed by atoms with Gasteiger partial charge >= 0.3 is 0 Å². The van der Waals surface area contributed by atoms with Crippen molar-refractivity contribution in [3.8, 4) is 5.75 Å². The molecule has 0 unspecified atom stereocenters. The van der Waals surface area contributed by atoms with E-state index < -0.39 is 6.17 Å². The Balaban J connectivity index is 1.37. The minimum absolute atomic E-state index is 0.0882. The number of halogens is 2. The van der Waals surface area contributed by atoms with Crippen molar-refractivity contribution < 1.29 is 14.3 Å². The molecule has 0 aromatic heterocycles. The van der Waals surface area contributed by atoms with Crippen LogP contribution >= 0.6 is 11.6 Å². The van der Waals surface area contributed by atoms with Crippen molar-refractivity contribution in [1.29, 1.82) is 0 Å². The standard InChI is InChI=1S/C22H24ClFN2O2/c23-17-5-1-15(2-6-17)13-26-12-10-21(22(26)28)25-11-9-19(20(24)14-25)16-3-7-18(27)8-4-16/h1-8,19-21,27H,9-14H2/t19-,20+,21-/m0/s1. The van der Waals surface area contributed by atoms with Gasteiger partial charge in [-0.25, -0.2) is 4.39 Å². The number of hydrogen-bond donors (Lipinski definition) is 1. The van der Waals surface area contributed by atoms with Gasteiger partial charge in [0.1, 0.15) is 11.9 Å². The molecule has 2 fully saturated rings. The number of aromatic hydroxyl groups is 1. The molecule has 2 heterocycles. The maximum absolute atomic E-state index is 14.9. The highest BCUT2D eigenvalue weighted by Crippen LogP contribution is 2.33. The summed E-state index contributed by atoms with van der Waals surface area (Å²) in [5, 5.41) is 10.1. The second kappa shape index (κ2) is 8.10. The summed E-state index contributed by atoms with van der Waals surface area (Å²) in [5.41, 5.74) is 1.96. The third-order valence-electron chi connectivity index (χ3n) is 5.89. The molecule has 0 spiro atoms. The average molecular weight is 403 g/mol. The Morgan fingerprint density at radius 2 is 1.75 bits per heavy atom. The van der Waals surface area contributed by atoms with Crippen molar-refractivity contribution >= 4 is 17.5 Å². The van der Waals surface area contributed by atoms with Gasteiger partial charge in [-0.2, -0.15) is 0 Å². The Labute approximate surface area is 169 Å². The highest BCUT2D eigenvalue weighted by atomic mass is 35.5. The molecule has 1 amide bonds. The number of hydrogen-bond acceptors (Lipinski definition) is 3. The molecule has 2 aliphatic rings. The van der Waals surface area contributed by atoms with Gasteiger partial charge in [-0.1, -0.05) is 35.9 Å². The molecular weight excluding hydrogens is 379 g/mol.